The highest BCUT2D eigenvalue weighted by Gasteiger charge is 2.02. The molecule has 2 heterocycles. The van der Waals surface area contributed by atoms with Gasteiger partial charge in [-0.15, -0.1) is 0 Å². The zero-order valence-corrected chi connectivity index (χ0v) is 8.19. The summed E-state index contributed by atoms with van der Waals surface area (Å²) in [4.78, 5) is 13.5. The number of aromatic amines is 1. The molecule has 5 heteroatoms. The Kier molecular flexibility index (Phi) is 1.83. The Hall–Kier alpha value is -2.43. The lowest BCUT2D eigenvalue weighted by Gasteiger charge is -2.01. The van der Waals surface area contributed by atoms with Crippen molar-refractivity contribution >= 4 is 22.5 Å². The molecule has 0 fully saturated rings. The Bertz CT molecular complexity index is 664. The third-order valence-electron chi connectivity index (χ3n) is 2.23. The van der Waals surface area contributed by atoms with Gasteiger partial charge in [0.2, 0.25) is 0 Å². The van der Waals surface area contributed by atoms with Crippen LogP contribution in [0.15, 0.2) is 50.4 Å². The lowest BCUT2D eigenvalue weighted by atomic mass is 10.3. The number of fused-ring (bicyclic) bond motifs is 1. The van der Waals surface area contributed by atoms with Crippen LogP contribution in [-0.4, -0.2) is 4.98 Å². The number of nitrogens with one attached hydrogen (secondary N) is 2. The van der Waals surface area contributed by atoms with Gasteiger partial charge in [0.15, 0.2) is 5.58 Å². The number of benzene rings is 1. The smallest absolute Gasteiger partial charge is 0.417 e. The highest BCUT2D eigenvalue weighted by Crippen LogP contribution is 2.20. The van der Waals surface area contributed by atoms with Crippen LogP contribution >= 0.6 is 0 Å². The average molecular weight is 216 g/mol. The van der Waals surface area contributed by atoms with Crippen LogP contribution in [0.2, 0.25) is 0 Å². The van der Waals surface area contributed by atoms with Crippen LogP contribution in [0, 0.1) is 0 Å². The van der Waals surface area contributed by atoms with E-state index in [0.717, 1.165) is 11.4 Å². The van der Waals surface area contributed by atoms with Gasteiger partial charge in [0.25, 0.3) is 0 Å². The molecule has 0 spiro atoms. The zero-order chi connectivity index (χ0) is 11.0. The molecule has 0 radical (unpaired) electrons. The molecule has 0 bridgehead atoms. The molecule has 0 atom stereocenters. The van der Waals surface area contributed by atoms with E-state index in [1.54, 1.807) is 30.7 Å². The van der Waals surface area contributed by atoms with Gasteiger partial charge in [0.05, 0.1) is 17.5 Å². The summed E-state index contributed by atoms with van der Waals surface area (Å²) < 4.78 is 9.89. The topological polar surface area (TPSA) is 71.2 Å². The van der Waals surface area contributed by atoms with Crippen LogP contribution in [0.4, 0.5) is 11.4 Å². The number of anilines is 2. The molecule has 0 aliphatic rings. The first-order valence-corrected chi connectivity index (χ1v) is 4.73. The van der Waals surface area contributed by atoms with E-state index in [1.165, 1.54) is 0 Å². The predicted octanol–water partition coefficient (Wildman–Crippen LogP) is 2.46. The molecule has 16 heavy (non-hydrogen) atoms. The second kappa shape index (κ2) is 3.30. The number of hydrogen-bond acceptors (Lipinski definition) is 4. The number of hydrogen-bond donors (Lipinski definition) is 2. The molecule has 3 rings (SSSR count). The molecule has 0 aliphatic carbocycles. The van der Waals surface area contributed by atoms with Gasteiger partial charge in [-0.1, -0.05) is 0 Å². The predicted molar refractivity (Wildman–Crippen MR) is 58.8 cm³/mol. The van der Waals surface area contributed by atoms with E-state index in [4.69, 9.17) is 8.83 Å². The first kappa shape index (κ1) is 8.84. The highest BCUT2D eigenvalue weighted by atomic mass is 16.4. The molecule has 2 N–H and O–H groups in total. The van der Waals surface area contributed by atoms with Crippen molar-refractivity contribution in [2.45, 2.75) is 0 Å². The molecule has 0 unspecified atom stereocenters. The summed E-state index contributed by atoms with van der Waals surface area (Å²) in [7, 11) is 0. The van der Waals surface area contributed by atoms with Crippen LogP contribution in [0.1, 0.15) is 0 Å². The van der Waals surface area contributed by atoms with Gasteiger partial charge >= 0.3 is 5.76 Å². The summed E-state index contributed by atoms with van der Waals surface area (Å²) in [6.45, 7) is 0. The van der Waals surface area contributed by atoms with Crippen molar-refractivity contribution in [1.29, 1.82) is 0 Å². The molecule has 1 aromatic carbocycles. The van der Waals surface area contributed by atoms with Gasteiger partial charge in [0, 0.05) is 11.8 Å². The van der Waals surface area contributed by atoms with Crippen molar-refractivity contribution < 1.29 is 8.83 Å². The Morgan fingerprint density at radius 2 is 2.12 bits per heavy atom. The summed E-state index contributed by atoms with van der Waals surface area (Å²) in [6.07, 6.45) is 3.18. The molecule has 0 aliphatic heterocycles. The number of aromatic nitrogens is 1. The number of rotatable bonds is 2. The summed E-state index contributed by atoms with van der Waals surface area (Å²) in [5.41, 5.74) is 2.88. The standard InChI is InChI=1S/C11H8N2O3/c14-11-13-9-2-1-7(5-10(9)16-11)12-8-3-4-15-6-8/h1-6,12H,(H,13,14). The van der Waals surface area contributed by atoms with E-state index in [2.05, 4.69) is 10.3 Å². The van der Waals surface area contributed by atoms with Gasteiger partial charge < -0.3 is 14.2 Å². The van der Waals surface area contributed by atoms with E-state index in [-0.39, 0.29) is 0 Å². The fourth-order valence-corrected chi connectivity index (χ4v) is 1.53. The van der Waals surface area contributed by atoms with Gasteiger partial charge in [-0.3, -0.25) is 4.98 Å². The summed E-state index contributed by atoms with van der Waals surface area (Å²) in [5, 5.41) is 3.12. The second-order valence-corrected chi connectivity index (χ2v) is 3.36. The molecular weight excluding hydrogens is 208 g/mol. The first-order valence-electron chi connectivity index (χ1n) is 4.73. The minimum absolute atomic E-state index is 0.449. The molecule has 2 aromatic heterocycles. The van der Waals surface area contributed by atoms with Crippen LogP contribution in [-0.2, 0) is 0 Å². The quantitative estimate of drug-likeness (QED) is 0.690. The van der Waals surface area contributed by atoms with Crippen LogP contribution in [0.3, 0.4) is 0 Å². The third-order valence-corrected chi connectivity index (χ3v) is 2.23. The summed E-state index contributed by atoms with van der Waals surface area (Å²) in [6, 6.07) is 7.18. The molecule has 80 valence electrons. The number of furan rings is 1. The van der Waals surface area contributed by atoms with Crippen LogP contribution in [0.25, 0.3) is 11.1 Å². The molecule has 0 saturated carbocycles. The molecule has 0 saturated heterocycles. The molecule has 5 nitrogen and oxygen atoms in total. The Morgan fingerprint density at radius 3 is 2.94 bits per heavy atom. The monoisotopic (exact) mass is 216 g/mol. The van der Waals surface area contributed by atoms with Gasteiger partial charge in [0.1, 0.15) is 6.26 Å². The van der Waals surface area contributed by atoms with Crippen molar-refractivity contribution in [3.63, 3.8) is 0 Å². The largest absolute Gasteiger partial charge is 0.470 e. The summed E-state index contributed by atoms with van der Waals surface area (Å²) >= 11 is 0. The van der Waals surface area contributed by atoms with E-state index in [0.29, 0.717) is 11.1 Å². The zero-order valence-electron chi connectivity index (χ0n) is 8.19. The highest BCUT2D eigenvalue weighted by molar-refractivity contribution is 5.78. The normalized spacial score (nSPS) is 10.8. The first-order chi connectivity index (χ1) is 7.81. The minimum atomic E-state index is -0.449. The van der Waals surface area contributed by atoms with Crippen LogP contribution in [0.5, 0.6) is 0 Å². The Balaban J connectivity index is 2.01. The Morgan fingerprint density at radius 1 is 1.19 bits per heavy atom. The average Bonchev–Trinajstić information content (AvgIpc) is 2.85. The van der Waals surface area contributed by atoms with Crippen molar-refractivity contribution in [2.24, 2.45) is 0 Å². The minimum Gasteiger partial charge on any atom is -0.470 e. The molecule has 0 amide bonds. The second-order valence-electron chi connectivity index (χ2n) is 3.36. The van der Waals surface area contributed by atoms with E-state index in [1.807, 2.05) is 6.07 Å². The lowest BCUT2D eigenvalue weighted by Crippen LogP contribution is -1.92. The van der Waals surface area contributed by atoms with Crippen molar-refractivity contribution in [3.05, 3.63) is 47.3 Å². The third kappa shape index (κ3) is 1.48. The maximum absolute atomic E-state index is 11.0. The van der Waals surface area contributed by atoms with Crippen molar-refractivity contribution in [1.82, 2.24) is 4.98 Å². The number of H-pyrrole nitrogens is 1. The van der Waals surface area contributed by atoms with E-state index < -0.39 is 5.76 Å². The van der Waals surface area contributed by atoms with Crippen molar-refractivity contribution in [3.8, 4) is 0 Å². The van der Waals surface area contributed by atoms with Crippen molar-refractivity contribution in [2.75, 3.05) is 5.32 Å². The summed E-state index contributed by atoms with van der Waals surface area (Å²) in [5.74, 6) is -0.449. The lowest BCUT2D eigenvalue weighted by molar-refractivity contribution is 0.555. The van der Waals surface area contributed by atoms with Gasteiger partial charge in [-0.2, -0.15) is 0 Å². The van der Waals surface area contributed by atoms with Gasteiger partial charge in [-0.05, 0) is 18.2 Å². The van der Waals surface area contributed by atoms with Gasteiger partial charge in [-0.25, -0.2) is 4.79 Å². The Labute approximate surface area is 89.7 Å². The molecular formula is C11H8N2O3. The maximum atomic E-state index is 11.0. The number of oxazole rings is 1. The maximum Gasteiger partial charge on any atom is 0.417 e. The molecule has 3 aromatic rings. The fourth-order valence-electron chi connectivity index (χ4n) is 1.53. The fraction of sp³-hybridized carbons (Fsp3) is 0. The SMILES string of the molecule is O=c1[nH]c2ccc(Nc3ccoc3)cc2o1. The van der Waals surface area contributed by atoms with E-state index >= 15 is 0 Å². The van der Waals surface area contributed by atoms with Crippen LogP contribution < -0.4 is 11.1 Å². The van der Waals surface area contributed by atoms with E-state index in [9.17, 15) is 4.79 Å².